The van der Waals surface area contributed by atoms with Gasteiger partial charge in [-0.2, -0.15) is 0 Å². The molecular weight excluding hydrogens is 318 g/mol. The number of carbonyl (C=O) groups is 1. The number of nitrogens with one attached hydrogen (secondary N) is 1. The molecular formula is C19H23N3O3. The van der Waals surface area contributed by atoms with Gasteiger partial charge in [-0.3, -0.25) is 4.79 Å². The molecule has 0 saturated heterocycles. The summed E-state index contributed by atoms with van der Waals surface area (Å²) in [5.41, 5.74) is 2.83. The Morgan fingerprint density at radius 2 is 2.32 bits per heavy atom. The molecule has 1 saturated carbocycles. The average Bonchev–Trinajstić information content (AvgIpc) is 3.25. The van der Waals surface area contributed by atoms with Crippen LogP contribution in [0.1, 0.15) is 34.3 Å². The zero-order valence-corrected chi connectivity index (χ0v) is 14.1. The van der Waals surface area contributed by atoms with Gasteiger partial charge < -0.3 is 19.7 Å². The summed E-state index contributed by atoms with van der Waals surface area (Å²) in [4.78, 5) is 16.8. The Kier molecular flexibility index (Phi) is 4.55. The smallest absolute Gasteiger partial charge is 0.251 e. The molecule has 2 aliphatic rings. The van der Waals surface area contributed by atoms with Gasteiger partial charge in [0.25, 0.3) is 5.91 Å². The molecule has 1 amide bonds. The minimum atomic E-state index is -0.506. The van der Waals surface area contributed by atoms with Crippen LogP contribution in [0.2, 0.25) is 0 Å². The summed E-state index contributed by atoms with van der Waals surface area (Å²) in [5.74, 6) is 0.220. The van der Waals surface area contributed by atoms with E-state index in [0.29, 0.717) is 31.1 Å². The van der Waals surface area contributed by atoms with Crippen molar-refractivity contribution in [2.24, 2.45) is 5.92 Å². The predicted molar refractivity (Wildman–Crippen MR) is 92.0 cm³/mol. The van der Waals surface area contributed by atoms with E-state index in [1.54, 1.807) is 12.5 Å². The first-order valence-electron chi connectivity index (χ1n) is 8.84. The van der Waals surface area contributed by atoms with Gasteiger partial charge in [-0.25, -0.2) is 4.98 Å². The van der Waals surface area contributed by atoms with E-state index in [0.717, 1.165) is 24.9 Å². The number of benzene rings is 1. The second-order valence-electron chi connectivity index (χ2n) is 6.99. The summed E-state index contributed by atoms with van der Waals surface area (Å²) < 4.78 is 7.54. The molecule has 2 aromatic rings. The Hall–Kier alpha value is -2.18. The summed E-state index contributed by atoms with van der Waals surface area (Å²) in [6.45, 7) is 2.00. The highest BCUT2D eigenvalue weighted by atomic mass is 16.5. The van der Waals surface area contributed by atoms with Crippen molar-refractivity contribution in [1.29, 1.82) is 0 Å². The molecule has 1 aromatic carbocycles. The van der Waals surface area contributed by atoms with Crippen LogP contribution in [0.3, 0.4) is 0 Å². The molecule has 132 valence electrons. The molecule has 25 heavy (non-hydrogen) atoms. The number of hydrogen-bond donors (Lipinski definition) is 2. The van der Waals surface area contributed by atoms with Crippen LogP contribution in [0, 0.1) is 5.92 Å². The van der Waals surface area contributed by atoms with E-state index in [2.05, 4.69) is 16.4 Å². The van der Waals surface area contributed by atoms with Crippen LogP contribution in [-0.4, -0.2) is 39.3 Å². The highest BCUT2D eigenvalue weighted by molar-refractivity contribution is 5.96. The van der Waals surface area contributed by atoms with Crippen LogP contribution in [0.15, 0.2) is 36.9 Å². The summed E-state index contributed by atoms with van der Waals surface area (Å²) in [7, 11) is 0. The van der Waals surface area contributed by atoms with Crippen LogP contribution in [0.25, 0.3) is 0 Å². The maximum Gasteiger partial charge on any atom is 0.251 e. The van der Waals surface area contributed by atoms with Gasteiger partial charge in [-0.15, -0.1) is 0 Å². The van der Waals surface area contributed by atoms with Crippen molar-refractivity contribution in [3.63, 3.8) is 0 Å². The highest BCUT2D eigenvalue weighted by Crippen LogP contribution is 2.28. The number of hydrogen-bond acceptors (Lipinski definition) is 4. The maximum atomic E-state index is 12.7. The zero-order valence-electron chi connectivity index (χ0n) is 14.1. The minimum Gasteiger partial charge on any atom is -0.391 e. The molecule has 0 radical (unpaired) electrons. The van der Waals surface area contributed by atoms with Crippen molar-refractivity contribution < 1.29 is 14.6 Å². The second-order valence-corrected chi connectivity index (χ2v) is 6.99. The van der Waals surface area contributed by atoms with Gasteiger partial charge in [-0.05, 0) is 42.4 Å². The lowest BCUT2D eigenvalue weighted by molar-refractivity contribution is 0.0854. The number of imidazole rings is 1. The van der Waals surface area contributed by atoms with E-state index in [1.807, 2.05) is 22.9 Å². The number of rotatable bonds is 4. The summed E-state index contributed by atoms with van der Waals surface area (Å²) in [6, 6.07) is 5.61. The topological polar surface area (TPSA) is 76.4 Å². The van der Waals surface area contributed by atoms with Crippen LogP contribution < -0.4 is 5.32 Å². The van der Waals surface area contributed by atoms with Crippen molar-refractivity contribution in [3.05, 3.63) is 53.6 Å². The summed E-state index contributed by atoms with van der Waals surface area (Å²) in [5, 5.41) is 13.4. The third-order valence-electron chi connectivity index (χ3n) is 5.25. The Balaban J connectivity index is 1.43. The summed E-state index contributed by atoms with van der Waals surface area (Å²) in [6.07, 6.45) is 7.27. The SMILES string of the molecule is O=C(N[C@@H]1CC(Cn2ccnc2)C[C@H]1O)c1cccc2c1COCC2. The van der Waals surface area contributed by atoms with E-state index < -0.39 is 6.10 Å². The molecule has 4 rings (SSSR count). The highest BCUT2D eigenvalue weighted by Gasteiger charge is 2.34. The Morgan fingerprint density at radius 1 is 1.40 bits per heavy atom. The minimum absolute atomic E-state index is 0.116. The van der Waals surface area contributed by atoms with Crippen LogP contribution in [0.5, 0.6) is 0 Å². The Morgan fingerprint density at radius 3 is 3.16 bits per heavy atom. The molecule has 0 bridgehead atoms. The quantitative estimate of drug-likeness (QED) is 0.884. The number of aromatic nitrogens is 2. The van der Waals surface area contributed by atoms with Gasteiger partial charge >= 0.3 is 0 Å². The number of amides is 1. The van der Waals surface area contributed by atoms with E-state index >= 15 is 0 Å². The van der Waals surface area contributed by atoms with Crippen LogP contribution in [0.4, 0.5) is 0 Å². The summed E-state index contributed by atoms with van der Waals surface area (Å²) >= 11 is 0. The molecule has 1 aromatic heterocycles. The predicted octanol–water partition coefficient (Wildman–Crippen LogP) is 1.53. The number of carbonyl (C=O) groups excluding carboxylic acids is 1. The number of aliphatic hydroxyl groups excluding tert-OH is 1. The molecule has 1 unspecified atom stereocenters. The normalized spacial score (nSPS) is 25.6. The second kappa shape index (κ2) is 6.98. The van der Waals surface area contributed by atoms with E-state index in [-0.39, 0.29) is 11.9 Å². The lowest BCUT2D eigenvalue weighted by Gasteiger charge is -2.21. The van der Waals surface area contributed by atoms with Crippen molar-refractivity contribution in [2.75, 3.05) is 6.61 Å². The zero-order chi connectivity index (χ0) is 17.2. The fourth-order valence-electron chi connectivity index (χ4n) is 3.97. The lowest BCUT2D eigenvalue weighted by atomic mass is 9.97. The van der Waals surface area contributed by atoms with Gasteiger partial charge in [0, 0.05) is 24.5 Å². The molecule has 0 spiro atoms. The molecule has 6 heteroatoms. The third-order valence-corrected chi connectivity index (χ3v) is 5.25. The molecule has 3 atom stereocenters. The van der Waals surface area contributed by atoms with Crippen molar-refractivity contribution in [3.8, 4) is 0 Å². The molecule has 1 aliphatic carbocycles. The van der Waals surface area contributed by atoms with E-state index in [1.165, 1.54) is 5.56 Å². The van der Waals surface area contributed by atoms with Gasteiger partial charge in [0.1, 0.15) is 0 Å². The van der Waals surface area contributed by atoms with Crippen molar-refractivity contribution in [1.82, 2.24) is 14.9 Å². The Bertz CT molecular complexity index is 744. The molecule has 2 N–H and O–H groups in total. The monoisotopic (exact) mass is 341 g/mol. The largest absolute Gasteiger partial charge is 0.391 e. The molecule has 1 aliphatic heterocycles. The van der Waals surface area contributed by atoms with Gasteiger partial charge in [-0.1, -0.05) is 12.1 Å². The van der Waals surface area contributed by atoms with Crippen molar-refractivity contribution >= 4 is 5.91 Å². The van der Waals surface area contributed by atoms with E-state index in [4.69, 9.17) is 4.74 Å². The van der Waals surface area contributed by atoms with Crippen LogP contribution >= 0.6 is 0 Å². The number of nitrogens with zero attached hydrogens (tertiary/aromatic N) is 2. The van der Waals surface area contributed by atoms with Crippen molar-refractivity contribution in [2.45, 2.75) is 44.6 Å². The third kappa shape index (κ3) is 3.45. The first-order valence-corrected chi connectivity index (χ1v) is 8.84. The van der Waals surface area contributed by atoms with Gasteiger partial charge in [0.05, 0.1) is 31.7 Å². The maximum absolute atomic E-state index is 12.7. The fraction of sp³-hybridized carbons (Fsp3) is 0.474. The first-order chi connectivity index (χ1) is 12.2. The molecule has 6 nitrogen and oxygen atoms in total. The molecule has 1 fully saturated rings. The average molecular weight is 341 g/mol. The number of ether oxygens (including phenoxy) is 1. The van der Waals surface area contributed by atoms with Gasteiger partial charge in [0.15, 0.2) is 0 Å². The molecule has 2 heterocycles. The van der Waals surface area contributed by atoms with Gasteiger partial charge in [0.2, 0.25) is 0 Å². The van der Waals surface area contributed by atoms with E-state index in [9.17, 15) is 9.90 Å². The number of fused-ring (bicyclic) bond motifs is 1. The number of aliphatic hydroxyl groups is 1. The lowest BCUT2D eigenvalue weighted by Crippen LogP contribution is -2.40. The Labute approximate surface area is 146 Å². The van der Waals surface area contributed by atoms with Crippen LogP contribution in [-0.2, 0) is 24.3 Å². The standard InChI is InChI=1S/C19H23N3O3/c23-18-9-13(10-22-6-5-20-12-22)8-17(18)21-19(24)15-3-1-2-14-4-7-25-11-16(14)15/h1-3,5-6,12-13,17-18,23H,4,7-11H2,(H,21,24)/t13?,17-,18-/m1/s1. The first kappa shape index (κ1) is 16.3. The fourth-order valence-corrected chi connectivity index (χ4v) is 3.97.